The zero-order valence-electron chi connectivity index (χ0n) is 13.0. The van der Waals surface area contributed by atoms with Gasteiger partial charge in [0.15, 0.2) is 0 Å². The van der Waals surface area contributed by atoms with E-state index >= 15 is 0 Å². The summed E-state index contributed by atoms with van der Waals surface area (Å²) in [6.45, 7) is 4.96. The third kappa shape index (κ3) is 2.96. The fourth-order valence-corrected chi connectivity index (χ4v) is 4.23. The molecule has 2 aliphatic carbocycles. The van der Waals surface area contributed by atoms with Crippen molar-refractivity contribution in [2.75, 3.05) is 26.2 Å². The van der Waals surface area contributed by atoms with Crippen molar-refractivity contribution in [3.05, 3.63) is 0 Å². The van der Waals surface area contributed by atoms with E-state index in [1.165, 1.54) is 12.8 Å². The Morgan fingerprint density at radius 2 is 2.10 bits per heavy atom. The molecule has 3 aliphatic rings. The third-order valence-corrected chi connectivity index (χ3v) is 5.45. The molecule has 1 saturated heterocycles. The first-order valence-corrected chi connectivity index (χ1v) is 8.51. The van der Waals surface area contributed by atoms with Gasteiger partial charge in [0, 0.05) is 19.1 Å². The molecule has 5 heteroatoms. The monoisotopic (exact) mass is 296 g/mol. The number of morpholine rings is 1. The van der Waals surface area contributed by atoms with E-state index in [1.807, 2.05) is 6.92 Å². The molecule has 0 amide bonds. The molecule has 1 heterocycles. The summed E-state index contributed by atoms with van der Waals surface area (Å²) in [6.07, 6.45) is 7.17. The molecule has 3 atom stereocenters. The fraction of sp³-hybridized carbons (Fsp3) is 0.938. The second-order valence-electron chi connectivity index (χ2n) is 6.81. The number of aliphatic carboxylic acids is 1. The van der Waals surface area contributed by atoms with Crippen LogP contribution in [-0.2, 0) is 9.53 Å². The van der Waals surface area contributed by atoms with Crippen molar-refractivity contribution in [2.24, 2.45) is 5.92 Å². The molecule has 2 saturated carbocycles. The summed E-state index contributed by atoms with van der Waals surface area (Å²) in [5.74, 6) is -0.384. The van der Waals surface area contributed by atoms with Crippen LogP contribution in [0.1, 0.15) is 45.4 Å². The highest BCUT2D eigenvalue weighted by Gasteiger charge is 2.52. The van der Waals surface area contributed by atoms with E-state index in [9.17, 15) is 9.90 Å². The van der Waals surface area contributed by atoms with Crippen molar-refractivity contribution < 1.29 is 14.6 Å². The number of hydrogen-bond donors (Lipinski definition) is 2. The molecule has 2 N–H and O–H groups in total. The summed E-state index contributed by atoms with van der Waals surface area (Å²) in [4.78, 5) is 14.4. The molecule has 0 aromatic carbocycles. The largest absolute Gasteiger partial charge is 0.480 e. The summed E-state index contributed by atoms with van der Waals surface area (Å²) in [5, 5.41) is 13.2. The van der Waals surface area contributed by atoms with Crippen LogP contribution < -0.4 is 5.32 Å². The van der Waals surface area contributed by atoms with E-state index in [1.54, 1.807) is 0 Å². The van der Waals surface area contributed by atoms with Gasteiger partial charge in [-0.15, -0.1) is 0 Å². The highest BCUT2D eigenvalue weighted by atomic mass is 16.5. The zero-order valence-corrected chi connectivity index (χ0v) is 13.0. The third-order valence-electron chi connectivity index (χ3n) is 5.45. The van der Waals surface area contributed by atoms with Crippen LogP contribution in [0, 0.1) is 5.92 Å². The SMILES string of the molecule is CCNC(CN1CCOC2CCCCC21)(C(=O)O)C1CC1. The first-order valence-electron chi connectivity index (χ1n) is 8.51. The fourth-order valence-electron chi connectivity index (χ4n) is 4.23. The van der Waals surface area contributed by atoms with Crippen molar-refractivity contribution in [3.8, 4) is 0 Å². The quantitative estimate of drug-likeness (QED) is 0.777. The van der Waals surface area contributed by atoms with Crippen LogP contribution >= 0.6 is 0 Å². The molecule has 3 rings (SSSR count). The first kappa shape index (κ1) is 15.3. The lowest BCUT2D eigenvalue weighted by molar-refractivity contribution is -0.150. The van der Waals surface area contributed by atoms with Gasteiger partial charge in [0.1, 0.15) is 5.54 Å². The number of likely N-dealkylation sites (N-methyl/N-ethyl adjacent to an activating group) is 1. The minimum absolute atomic E-state index is 0.292. The van der Waals surface area contributed by atoms with E-state index in [0.717, 1.165) is 38.8 Å². The molecule has 3 unspecified atom stereocenters. The summed E-state index contributed by atoms with van der Waals surface area (Å²) in [5.41, 5.74) is -0.756. The summed E-state index contributed by atoms with van der Waals surface area (Å²) >= 11 is 0. The van der Waals surface area contributed by atoms with Crippen LogP contribution in [0.15, 0.2) is 0 Å². The van der Waals surface area contributed by atoms with Gasteiger partial charge < -0.3 is 15.2 Å². The molecule has 5 nitrogen and oxygen atoms in total. The van der Waals surface area contributed by atoms with Gasteiger partial charge in [0.05, 0.1) is 12.7 Å². The predicted octanol–water partition coefficient (Wildman–Crippen LogP) is 1.47. The van der Waals surface area contributed by atoms with Crippen molar-refractivity contribution in [1.82, 2.24) is 10.2 Å². The maximum absolute atomic E-state index is 12.0. The number of carbonyl (C=O) groups is 1. The molecule has 0 spiro atoms. The normalized spacial score (nSPS) is 33.2. The van der Waals surface area contributed by atoms with E-state index in [2.05, 4.69) is 10.2 Å². The lowest BCUT2D eigenvalue weighted by Gasteiger charge is -2.47. The van der Waals surface area contributed by atoms with Gasteiger partial charge in [-0.3, -0.25) is 9.69 Å². The number of ether oxygens (including phenoxy) is 1. The zero-order chi connectivity index (χ0) is 14.9. The number of nitrogens with zero attached hydrogens (tertiary/aromatic N) is 1. The number of carboxylic acids is 1. The van der Waals surface area contributed by atoms with Crippen molar-refractivity contribution >= 4 is 5.97 Å². The Balaban J connectivity index is 1.76. The molecule has 0 aromatic rings. The Kier molecular flexibility index (Phi) is 4.52. The van der Waals surface area contributed by atoms with Crippen molar-refractivity contribution in [1.29, 1.82) is 0 Å². The molecule has 0 bridgehead atoms. The molecule has 120 valence electrons. The maximum atomic E-state index is 12.0. The average molecular weight is 296 g/mol. The van der Waals surface area contributed by atoms with Gasteiger partial charge in [-0.2, -0.15) is 0 Å². The van der Waals surface area contributed by atoms with Gasteiger partial charge >= 0.3 is 5.97 Å². The molecule has 3 fully saturated rings. The Labute approximate surface area is 127 Å². The Morgan fingerprint density at radius 1 is 1.33 bits per heavy atom. The van der Waals surface area contributed by atoms with Crippen LogP contribution in [0.5, 0.6) is 0 Å². The highest BCUT2D eigenvalue weighted by molar-refractivity contribution is 5.80. The molecule has 1 aliphatic heterocycles. The second kappa shape index (κ2) is 6.23. The van der Waals surface area contributed by atoms with Crippen molar-refractivity contribution in [3.63, 3.8) is 0 Å². The Morgan fingerprint density at radius 3 is 2.76 bits per heavy atom. The number of nitrogens with one attached hydrogen (secondary N) is 1. The molecular formula is C16H28N2O3. The van der Waals surface area contributed by atoms with Crippen LogP contribution in [0.4, 0.5) is 0 Å². The summed E-state index contributed by atoms with van der Waals surface area (Å²) in [7, 11) is 0. The van der Waals surface area contributed by atoms with Gasteiger partial charge in [0.25, 0.3) is 0 Å². The smallest absolute Gasteiger partial charge is 0.325 e. The van der Waals surface area contributed by atoms with Gasteiger partial charge in [-0.1, -0.05) is 19.8 Å². The molecule has 21 heavy (non-hydrogen) atoms. The highest BCUT2D eigenvalue weighted by Crippen LogP contribution is 2.41. The van der Waals surface area contributed by atoms with Gasteiger partial charge in [-0.25, -0.2) is 0 Å². The van der Waals surface area contributed by atoms with Gasteiger partial charge in [-0.05, 0) is 38.1 Å². The topological polar surface area (TPSA) is 61.8 Å². The Bertz CT molecular complexity index is 384. The van der Waals surface area contributed by atoms with Crippen molar-refractivity contribution in [2.45, 2.75) is 63.1 Å². The average Bonchev–Trinajstić information content (AvgIpc) is 3.32. The van der Waals surface area contributed by atoms with Crippen LogP contribution in [-0.4, -0.2) is 59.9 Å². The minimum Gasteiger partial charge on any atom is -0.480 e. The second-order valence-corrected chi connectivity index (χ2v) is 6.81. The number of hydrogen-bond acceptors (Lipinski definition) is 4. The van der Waals surface area contributed by atoms with Crippen LogP contribution in [0.25, 0.3) is 0 Å². The Hall–Kier alpha value is -0.650. The van der Waals surface area contributed by atoms with Crippen LogP contribution in [0.3, 0.4) is 0 Å². The van der Waals surface area contributed by atoms with Gasteiger partial charge in [0.2, 0.25) is 0 Å². The number of fused-ring (bicyclic) bond motifs is 1. The molecule has 0 radical (unpaired) electrons. The first-order chi connectivity index (χ1) is 10.2. The number of carboxylic acid groups (broad SMARTS) is 1. The number of rotatable bonds is 6. The van der Waals surface area contributed by atoms with E-state index in [0.29, 0.717) is 31.2 Å². The van der Waals surface area contributed by atoms with Crippen LogP contribution in [0.2, 0.25) is 0 Å². The summed E-state index contributed by atoms with van der Waals surface area (Å²) < 4.78 is 5.91. The van der Waals surface area contributed by atoms with E-state index < -0.39 is 11.5 Å². The lowest BCUT2D eigenvalue weighted by Crippen LogP contribution is -2.65. The van der Waals surface area contributed by atoms with E-state index in [4.69, 9.17) is 4.74 Å². The van der Waals surface area contributed by atoms with E-state index in [-0.39, 0.29) is 0 Å². The molecule has 0 aromatic heterocycles. The lowest BCUT2D eigenvalue weighted by atomic mass is 9.86. The minimum atomic E-state index is -0.756. The summed E-state index contributed by atoms with van der Waals surface area (Å²) in [6, 6.07) is 0.420. The standard InChI is InChI=1S/C16H28N2O3/c1-2-17-16(15(19)20,12-7-8-12)11-18-9-10-21-14-6-4-3-5-13(14)18/h12-14,17H,2-11H2,1H3,(H,19,20). The molecular weight excluding hydrogens is 268 g/mol. The maximum Gasteiger partial charge on any atom is 0.325 e. The predicted molar refractivity (Wildman–Crippen MR) is 80.3 cm³/mol.